The minimum absolute atomic E-state index is 0.111. The smallest absolute Gasteiger partial charge is 0.409 e. The highest BCUT2D eigenvalue weighted by Crippen LogP contribution is 1.84. The summed E-state index contributed by atoms with van der Waals surface area (Å²) in [5.41, 5.74) is 5.25. The van der Waals surface area contributed by atoms with Gasteiger partial charge in [-0.3, -0.25) is 0 Å². The van der Waals surface area contributed by atoms with Crippen molar-refractivity contribution in [2.45, 2.75) is 12.5 Å². The number of hydrogen-bond acceptors (Lipinski definition) is 3. The van der Waals surface area contributed by atoms with Gasteiger partial charge in [0.1, 0.15) is 0 Å². The first-order valence-electron chi connectivity index (χ1n) is 2.58. The Balaban J connectivity index is 2.60. The van der Waals surface area contributed by atoms with Crippen LogP contribution in [0.25, 0.3) is 0 Å². The molecule has 0 aromatic heterocycles. The van der Waals surface area contributed by atoms with Gasteiger partial charge in [-0.1, -0.05) is 0 Å². The summed E-state index contributed by atoms with van der Waals surface area (Å²) in [6.07, 6.45) is 1.03. The molecule has 2 N–H and O–H groups in total. The largest absolute Gasteiger partial charge is 0.435 e. The SMILES string of the molecule is NCCC[Si]O[Si]O[Si]. The molecule has 0 bridgehead atoms. The molecule has 0 fully saturated rings. The van der Waals surface area contributed by atoms with E-state index in [-0.39, 0.29) is 10.0 Å². The van der Waals surface area contributed by atoms with Gasteiger partial charge < -0.3 is 14.0 Å². The average molecular weight is 174 g/mol. The third-order valence-corrected chi connectivity index (χ3v) is 2.44. The van der Waals surface area contributed by atoms with E-state index in [1.807, 2.05) is 0 Å². The van der Waals surface area contributed by atoms with Gasteiger partial charge >= 0.3 is 10.0 Å². The third kappa shape index (κ3) is 8.53. The Hall–Kier alpha value is 0.531. The molecule has 9 heavy (non-hydrogen) atoms. The van der Waals surface area contributed by atoms with Crippen molar-refractivity contribution in [3.63, 3.8) is 0 Å². The van der Waals surface area contributed by atoms with E-state index >= 15 is 0 Å². The van der Waals surface area contributed by atoms with Crippen LogP contribution in [0.4, 0.5) is 0 Å². The fraction of sp³-hybridized carbons (Fsp3) is 1.00. The Labute approximate surface area is 63.8 Å². The highest BCUT2D eigenvalue weighted by molar-refractivity contribution is 6.41. The van der Waals surface area contributed by atoms with Crippen molar-refractivity contribution in [1.29, 1.82) is 0 Å². The lowest BCUT2D eigenvalue weighted by Gasteiger charge is -1.95. The van der Waals surface area contributed by atoms with Crippen molar-refractivity contribution < 1.29 is 8.23 Å². The highest BCUT2D eigenvalue weighted by atomic mass is 28.3. The van der Waals surface area contributed by atoms with Crippen LogP contribution in [0.2, 0.25) is 6.04 Å². The van der Waals surface area contributed by atoms with E-state index in [0.29, 0.717) is 9.76 Å². The molecule has 0 saturated heterocycles. The van der Waals surface area contributed by atoms with Gasteiger partial charge in [0, 0.05) is 0 Å². The summed E-state index contributed by atoms with van der Waals surface area (Å²) < 4.78 is 9.52. The minimum atomic E-state index is 0.111. The van der Waals surface area contributed by atoms with Crippen molar-refractivity contribution >= 4 is 30.3 Å². The molecule has 0 atom stereocenters. The fourth-order valence-electron chi connectivity index (χ4n) is 0.276. The van der Waals surface area contributed by atoms with E-state index in [9.17, 15) is 0 Å². The zero-order chi connectivity index (χ0) is 6.95. The van der Waals surface area contributed by atoms with Gasteiger partial charge in [-0.2, -0.15) is 0 Å². The van der Waals surface area contributed by atoms with Gasteiger partial charge in [0.15, 0.2) is 0 Å². The Morgan fingerprint density at radius 3 is 2.89 bits per heavy atom. The molecule has 0 saturated carbocycles. The maximum Gasteiger partial charge on any atom is 0.409 e. The van der Waals surface area contributed by atoms with Crippen LogP contribution in [0.3, 0.4) is 0 Å². The molecule has 0 aromatic rings. The van der Waals surface area contributed by atoms with Crippen LogP contribution in [-0.4, -0.2) is 36.8 Å². The lowest BCUT2D eigenvalue weighted by Crippen LogP contribution is -2.08. The lowest BCUT2D eigenvalue weighted by atomic mass is 10.5. The molecule has 0 aliphatic carbocycles. The predicted octanol–water partition coefficient (Wildman–Crippen LogP) is -0.976. The van der Waals surface area contributed by atoms with Gasteiger partial charge in [-0.25, -0.2) is 0 Å². The predicted molar refractivity (Wildman–Crippen MR) is 37.9 cm³/mol. The number of rotatable bonds is 6. The zero-order valence-corrected chi connectivity index (χ0v) is 8.02. The molecule has 0 aliphatic heterocycles. The van der Waals surface area contributed by atoms with Crippen molar-refractivity contribution in [2.24, 2.45) is 5.73 Å². The van der Waals surface area contributed by atoms with Crippen LogP contribution >= 0.6 is 0 Å². The topological polar surface area (TPSA) is 44.5 Å². The van der Waals surface area contributed by atoms with Crippen molar-refractivity contribution in [2.75, 3.05) is 6.54 Å². The van der Waals surface area contributed by atoms with Crippen LogP contribution < -0.4 is 5.73 Å². The summed E-state index contributed by atoms with van der Waals surface area (Å²) >= 11 is 0. The van der Waals surface area contributed by atoms with E-state index in [2.05, 4.69) is 14.6 Å². The Morgan fingerprint density at radius 1 is 1.56 bits per heavy atom. The average Bonchev–Trinajstić information content (AvgIpc) is 1.89. The summed E-state index contributed by atoms with van der Waals surface area (Å²) in [5, 5.41) is 0. The Bertz CT molecular complexity index is 50.3. The molecule has 6 heteroatoms. The van der Waals surface area contributed by atoms with Crippen LogP contribution in [0.1, 0.15) is 6.42 Å². The first kappa shape index (κ1) is 9.53. The molecule has 0 heterocycles. The van der Waals surface area contributed by atoms with Gasteiger partial charge in [-0.15, -0.1) is 0 Å². The summed E-state index contributed by atoms with van der Waals surface area (Å²) in [4.78, 5) is 0. The minimum Gasteiger partial charge on any atom is -0.435 e. The van der Waals surface area contributed by atoms with Crippen LogP contribution in [0.15, 0.2) is 0 Å². The van der Waals surface area contributed by atoms with E-state index in [1.165, 1.54) is 0 Å². The monoisotopic (exact) mass is 174 g/mol. The van der Waals surface area contributed by atoms with Gasteiger partial charge in [0.25, 0.3) is 0 Å². The van der Waals surface area contributed by atoms with Gasteiger partial charge in [0.2, 0.25) is 20.2 Å². The molecule has 0 aliphatic rings. The summed E-state index contributed by atoms with van der Waals surface area (Å²) in [6, 6.07) is 1.04. The molecule has 3 nitrogen and oxygen atoms in total. The first-order chi connectivity index (χ1) is 4.41. The fourth-order valence-corrected chi connectivity index (χ4v) is 1.81. The summed E-state index contributed by atoms with van der Waals surface area (Å²) in [5.74, 6) is 0. The van der Waals surface area contributed by atoms with Crippen LogP contribution in [0.5, 0.6) is 0 Å². The zero-order valence-electron chi connectivity index (χ0n) is 5.02. The molecular formula is C3H8NO2Si3. The van der Waals surface area contributed by atoms with Crippen molar-refractivity contribution in [3.8, 4) is 0 Å². The Kier molecular flexibility index (Phi) is 9.03. The molecule has 49 valence electrons. The second-order valence-corrected chi connectivity index (χ2v) is 3.91. The maximum absolute atomic E-state index is 5.25. The van der Waals surface area contributed by atoms with E-state index in [1.54, 1.807) is 0 Å². The molecule has 0 spiro atoms. The molecule has 7 radical (unpaired) electrons. The first-order valence-corrected chi connectivity index (χ1v) is 4.92. The summed E-state index contributed by atoms with van der Waals surface area (Å²) in [7, 11) is 3.46. The second kappa shape index (κ2) is 8.53. The second-order valence-electron chi connectivity index (χ2n) is 1.32. The third-order valence-electron chi connectivity index (χ3n) is 0.638. The Morgan fingerprint density at radius 2 is 2.33 bits per heavy atom. The van der Waals surface area contributed by atoms with E-state index in [4.69, 9.17) is 9.85 Å². The van der Waals surface area contributed by atoms with Crippen molar-refractivity contribution in [3.05, 3.63) is 0 Å². The highest BCUT2D eigenvalue weighted by Gasteiger charge is 1.90. The van der Waals surface area contributed by atoms with E-state index < -0.39 is 0 Å². The molecular weight excluding hydrogens is 166 g/mol. The molecule has 0 amide bonds. The quantitative estimate of drug-likeness (QED) is 0.416. The van der Waals surface area contributed by atoms with E-state index in [0.717, 1.165) is 19.0 Å². The van der Waals surface area contributed by atoms with Gasteiger partial charge in [0.05, 0.1) is 0 Å². The number of nitrogens with two attached hydrogens (primary N) is 1. The molecule has 0 unspecified atom stereocenters. The lowest BCUT2D eigenvalue weighted by molar-refractivity contribution is 0.500. The maximum atomic E-state index is 5.25. The normalized spacial score (nSPS) is 10.0. The van der Waals surface area contributed by atoms with Crippen LogP contribution in [-0.2, 0) is 8.23 Å². The van der Waals surface area contributed by atoms with Gasteiger partial charge in [-0.05, 0) is 19.0 Å². The molecule has 0 rings (SSSR count). The van der Waals surface area contributed by atoms with Crippen LogP contribution in [0, 0.1) is 0 Å². The summed E-state index contributed by atoms with van der Waals surface area (Å²) in [6.45, 7) is 0.744. The number of hydrogen-bond donors (Lipinski definition) is 1. The standard InChI is InChI=1S/C3H8NO2Si3/c4-2-1-3-8-6-9-5-7/h1-4H2. The van der Waals surface area contributed by atoms with Crippen molar-refractivity contribution in [1.82, 2.24) is 0 Å². The molecule has 0 aromatic carbocycles.